The van der Waals surface area contributed by atoms with Gasteiger partial charge >= 0.3 is 0 Å². The van der Waals surface area contributed by atoms with E-state index in [-0.39, 0.29) is 6.04 Å². The highest BCUT2D eigenvalue weighted by atomic mass is 79.9. The third kappa shape index (κ3) is 1.96. The second-order valence-electron chi connectivity index (χ2n) is 2.79. The van der Waals surface area contributed by atoms with Crippen LogP contribution in [0.5, 0.6) is 0 Å². The van der Waals surface area contributed by atoms with Gasteiger partial charge < -0.3 is 5.73 Å². The summed E-state index contributed by atoms with van der Waals surface area (Å²) in [6.45, 7) is 5.71. The van der Waals surface area contributed by atoms with Gasteiger partial charge in [0.25, 0.3) is 0 Å². The van der Waals surface area contributed by atoms with E-state index < -0.39 is 0 Å². The first kappa shape index (κ1) is 9.49. The lowest BCUT2D eigenvalue weighted by Gasteiger charge is -2.09. The fourth-order valence-electron chi connectivity index (χ4n) is 1.05. The predicted molar refractivity (Wildman–Crippen MR) is 56.0 cm³/mol. The smallest absolute Gasteiger partial charge is 0.0489 e. The molecule has 1 aromatic rings. The van der Waals surface area contributed by atoms with Crippen molar-refractivity contribution in [2.24, 2.45) is 5.73 Å². The van der Waals surface area contributed by atoms with Crippen molar-refractivity contribution in [2.45, 2.75) is 13.0 Å². The zero-order valence-corrected chi connectivity index (χ0v) is 8.64. The molecule has 2 heteroatoms. The molecule has 1 aromatic carbocycles. The van der Waals surface area contributed by atoms with Crippen LogP contribution in [-0.4, -0.2) is 0 Å². The van der Waals surface area contributed by atoms with Crippen molar-refractivity contribution in [3.63, 3.8) is 0 Å². The van der Waals surface area contributed by atoms with Crippen molar-refractivity contribution >= 4 is 15.9 Å². The van der Waals surface area contributed by atoms with Gasteiger partial charge in [-0.2, -0.15) is 0 Å². The van der Waals surface area contributed by atoms with Crippen LogP contribution in [0.2, 0.25) is 0 Å². The van der Waals surface area contributed by atoms with E-state index in [1.807, 2.05) is 19.1 Å². The lowest BCUT2D eigenvalue weighted by atomic mass is 10.1. The van der Waals surface area contributed by atoms with Gasteiger partial charge in [-0.25, -0.2) is 0 Å². The SMILES string of the molecule is C=CC(N)c1cc(C)ccc1Br. The largest absolute Gasteiger partial charge is 0.321 e. The zero-order valence-electron chi connectivity index (χ0n) is 7.05. The Hall–Kier alpha value is -0.600. The summed E-state index contributed by atoms with van der Waals surface area (Å²) >= 11 is 3.44. The molecule has 0 heterocycles. The van der Waals surface area contributed by atoms with Gasteiger partial charge in [0, 0.05) is 10.5 Å². The van der Waals surface area contributed by atoms with Crippen molar-refractivity contribution in [1.29, 1.82) is 0 Å². The Morgan fingerprint density at radius 1 is 1.58 bits per heavy atom. The normalized spacial score (nSPS) is 12.6. The Morgan fingerprint density at radius 2 is 2.25 bits per heavy atom. The molecule has 0 bridgehead atoms. The van der Waals surface area contributed by atoms with E-state index in [0.29, 0.717) is 0 Å². The summed E-state index contributed by atoms with van der Waals surface area (Å²) in [4.78, 5) is 0. The first-order chi connectivity index (χ1) is 5.65. The van der Waals surface area contributed by atoms with E-state index in [2.05, 4.69) is 28.6 Å². The van der Waals surface area contributed by atoms with Gasteiger partial charge in [-0.15, -0.1) is 6.58 Å². The van der Waals surface area contributed by atoms with Crippen molar-refractivity contribution in [3.8, 4) is 0 Å². The first-order valence-electron chi connectivity index (χ1n) is 3.79. The van der Waals surface area contributed by atoms with Gasteiger partial charge in [0.1, 0.15) is 0 Å². The molecule has 0 fully saturated rings. The van der Waals surface area contributed by atoms with Crippen molar-refractivity contribution in [1.82, 2.24) is 0 Å². The third-order valence-electron chi connectivity index (χ3n) is 1.76. The average molecular weight is 226 g/mol. The fourth-order valence-corrected chi connectivity index (χ4v) is 1.56. The summed E-state index contributed by atoms with van der Waals surface area (Å²) in [5, 5.41) is 0. The summed E-state index contributed by atoms with van der Waals surface area (Å²) in [7, 11) is 0. The molecule has 0 radical (unpaired) electrons. The van der Waals surface area contributed by atoms with Gasteiger partial charge in [-0.05, 0) is 18.6 Å². The maximum atomic E-state index is 5.82. The number of hydrogen-bond acceptors (Lipinski definition) is 1. The standard InChI is InChI=1S/C10H12BrN/c1-3-10(12)8-6-7(2)4-5-9(8)11/h3-6,10H,1,12H2,2H3. The Balaban J connectivity index is 3.12. The minimum absolute atomic E-state index is 0.0840. The van der Waals surface area contributed by atoms with E-state index in [9.17, 15) is 0 Å². The van der Waals surface area contributed by atoms with Crippen LogP contribution in [0.3, 0.4) is 0 Å². The molecule has 1 nitrogen and oxygen atoms in total. The Labute approximate surface area is 81.4 Å². The molecule has 0 aliphatic heterocycles. The van der Waals surface area contributed by atoms with Gasteiger partial charge in [0.05, 0.1) is 0 Å². The number of aryl methyl sites for hydroxylation is 1. The molecule has 64 valence electrons. The quantitative estimate of drug-likeness (QED) is 0.771. The molecule has 0 saturated carbocycles. The van der Waals surface area contributed by atoms with Crippen LogP contribution < -0.4 is 5.73 Å². The van der Waals surface area contributed by atoms with Crippen LogP contribution in [0.4, 0.5) is 0 Å². The van der Waals surface area contributed by atoms with Gasteiger partial charge in [0.15, 0.2) is 0 Å². The Kier molecular flexibility index (Phi) is 3.06. The van der Waals surface area contributed by atoms with Crippen LogP contribution >= 0.6 is 15.9 Å². The first-order valence-corrected chi connectivity index (χ1v) is 4.58. The molecule has 0 saturated heterocycles. The molecule has 0 amide bonds. The predicted octanol–water partition coefficient (Wildman–Crippen LogP) is 2.94. The molecule has 1 atom stereocenters. The number of halogens is 1. The molecule has 1 rings (SSSR count). The van der Waals surface area contributed by atoms with Crippen LogP contribution in [-0.2, 0) is 0 Å². The number of benzene rings is 1. The summed E-state index contributed by atoms with van der Waals surface area (Å²) in [6.07, 6.45) is 1.74. The highest BCUT2D eigenvalue weighted by Crippen LogP contribution is 2.23. The lowest BCUT2D eigenvalue weighted by molar-refractivity contribution is 0.905. The monoisotopic (exact) mass is 225 g/mol. The minimum Gasteiger partial charge on any atom is -0.321 e. The molecule has 0 spiro atoms. The van der Waals surface area contributed by atoms with E-state index in [4.69, 9.17) is 5.73 Å². The van der Waals surface area contributed by atoms with Gasteiger partial charge in [-0.3, -0.25) is 0 Å². The van der Waals surface area contributed by atoms with E-state index >= 15 is 0 Å². The van der Waals surface area contributed by atoms with Gasteiger partial charge in [-0.1, -0.05) is 39.7 Å². The number of rotatable bonds is 2. The molecule has 1 unspecified atom stereocenters. The van der Waals surface area contributed by atoms with Gasteiger partial charge in [0.2, 0.25) is 0 Å². The molecule has 0 aromatic heterocycles. The number of nitrogens with two attached hydrogens (primary N) is 1. The molecule has 0 aliphatic carbocycles. The maximum absolute atomic E-state index is 5.82. The highest BCUT2D eigenvalue weighted by Gasteiger charge is 2.05. The lowest BCUT2D eigenvalue weighted by Crippen LogP contribution is -2.07. The molecule has 2 N–H and O–H groups in total. The summed E-state index contributed by atoms with van der Waals surface area (Å²) in [5.74, 6) is 0. The van der Waals surface area contributed by atoms with Crippen LogP contribution in [0, 0.1) is 6.92 Å². The molecule has 12 heavy (non-hydrogen) atoms. The Morgan fingerprint density at radius 3 is 2.83 bits per heavy atom. The second kappa shape index (κ2) is 3.87. The van der Waals surface area contributed by atoms with E-state index in [0.717, 1.165) is 10.0 Å². The fraction of sp³-hybridized carbons (Fsp3) is 0.200. The van der Waals surface area contributed by atoms with Crippen molar-refractivity contribution in [3.05, 3.63) is 46.5 Å². The minimum atomic E-state index is -0.0840. The Bertz CT molecular complexity index is 294. The number of hydrogen-bond donors (Lipinski definition) is 1. The molecular formula is C10H12BrN. The molecule has 0 aliphatic rings. The van der Waals surface area contributed by atoms with Crippen LogP contribution in [0.25, 0.3) is 0 Å². The van der Waals surface area contributed by atoms with Crippen molar-refractivity contribution in [2.75, 3.05) is 0 Å². The average Bonchev–Trinajstić information content (AvgIpc) is 2.08. The summed E-state index contributed by atoms with van der Waals surface area (Å²) < 4.78 is 1.04. The zero-order chi connectivity index (χ0) is 9.14. The summed E-state index contributed by atoms with van der Waals surface area (Å²) in [5.41, 5.74) is 8.12. The van der Waals surface area contributed by atoms with E-state index in [1.165, 1.54) is 5.56 Å². The highest BCUT2D eigenvalue weighted by molar-refractivity contribution is 9.10. The summed E-state index contributed by atoms with van der Waals surface area (Å²) in [6, 6.07) is 6.03. The maximum Gasteiger partial charge on any atom is 0.0489 e. The molecular weight excluding hydrogens is 214 g/mol. The topological polar surface area (TPSA) is 26.0 Å². The third-order valence-corrected chi connectivity index (χ3v) is 2.49. The van der Waals surface area contributed by atoms with Crippen molar-refractivity contribution < 1.29 is 0 Å². The van der Waals surface area contributed by atoms with E-state index in [1.54, 1.807) is 6.08 Å². The van der Waals surface area contributed by atoms with Crippen LogP contribution in [0.15, 0.2) is 35.3 Å². The van der Waals surface area contributed by atoms with Crippen LogP contribution in [0.1, 0.15) is 17.2 Å². The second-order valence-corrected chi connectivity index (χ2v) is 3.64.